The molecule has 3 N–H and O–H groups in total. The second-order valence-electron chi connectivity index (χ2n) is 1.81. The fourth-order valence-electron chi connectivity index (χ4n) is 0.625. The fourth-order valence-corrected chi connectivity index (χ4v) is 1.18. The van der Waals surface area contributed by atoms with Gasteiger partial charge in [-0.3, -0.25) is 0 Å². The summed E-state index contributed by atoms with van der Waals surface area (Å²) in [6, 6.07) is 5.40. The molecule has 2 nitrogen and oxygen atoms in total. The van der Waals surface area contributed by atoms with Crippen molar-refractivity contribution in [2.45, 2.75) is 0 Å². The van der Waals surface area contributed by atoms with Crippen molar-refractivity contribution in [1.29, 1.82) is 5.41 Å². The maximum Gasteiger partial charge on any atom is 0.0494 e. The molecule has 0 saturated heterocycles. The summed E-state index contributed by atoms with van der Waals surface area (Å²) >= 11 is 9.00. The number of nitrogens with one attached hydrogen (secondary N) is 1. The molecule has 12 heavy (non-hydrogen) atoms. The molecule has 0 aliphatic heterocycles. The molecule has 1 aromatic carbocycles. The van der Waals surface area contributed by atoms with E-state index in [-0.39, 0.29) is 0 Å². The van der Waals surface area contributed by atoms with E-state index in [1.54, 1.807) is 12.1 Å². The van der Waals surface area contributed by atoms with Crippen LogP contribution in [0.25, 0.3) is 0 Å². The quantitative estimate of drug-likeness (QED) is 0.739. The van der Waals surface area contributed by atoms with Gasteiger partial charge in [0.05, 0.1) is 0 Å². The lowest BCUT2D eigenvalue weighted by Gasteiger charge is -1.95. The standard InChI is InChI=1S/C7H5BrClN.CH5N/c8-6-1-2-7(9)5(3-6)4-10;1-2/h1-4,10H;2H2,1H3. The predicted molar refractivity (Wildman–Crippen MR) is 57.1 cm³/mol. The minimum atomic E-state index is 0.609. The number of rotatable bonds is 1. The molecule has 0 heterocycles. The average molecular weight is 250 g/mol. The van der Waals surface area contributed by atoms with Gasteiger partial charge in [-0.15, -0.1) is 0 Å². The predicted octanol–water partition coefficient (Wildman–Crippen LogP) is 2.68. The highest BCUT2D eigenvalue weighted by Gasteiger charge is 1.95. The monoisotopic (exact) mass is 248 g/mol. The van der Waals surface area contributed by atoms with Gasteiger partial charge in [-0.25, -0.2) is 0 Å². The molecular weight excluding hydrogens is 239 g/mol. The minimum absolute atomic E-state index is 0.609. The molecule has 0 aliphatic rings. The van der Waals surface area contributed by atoms with Gasteiger partial charge in [-0.1, -0.05) is 27.5 Å². The molecule has 1 aromatic rings. The lowest BCUT2D eigenvalue weighted by atomic mass is 10.2. The smallest absolute Gasteiger partial charge is 0.0494 e. The van der Waals surface area contributed by atoms with Crippen LogP contribution in [0.4, 0.5) is 0 Å². The number of halogens is 2. The Balaban J connectivity index is 0.000000561. The van der Waals surface area contributed by atoms with Gasteiger partial charge >= 0.3 is 0 Å². The SMILES string of the molecule is CN.N=Cc1cc(Br)ccc1Cl. The molecule has 0 unspecified atom stereocenters. The van der Waals surface area contributed by atoms with E-state index >= 15 is 0 Å². The fraction of sp³-hybridized carbons (Fsp3) is 0.125. The Morgan fingerprint density at radius 1 is 1.50 bits per heavy atom. The minimum Gasteiger partial charge on any atom is -0.333 e. The number of benzene rings is 1. The van der Waals surface area contributed by atoms with Crippen molar-refractivity contribution in [3.05, 3.63) is 33.3 Å². The van der Waals surface area contributed by atoms with Gasteiger partial charge in [0.25, 0.3) is 0 Å². The van der Waals surface area contributed by atoms with Crippen molar-refractivity contribution < 1.29 is 0 Å². The number of nitrogens with two attached hydrogens (primary N) is 1. The third-order valence-electron chi connectivity index (χ3n) is 1.11. The highest BCUT2D eigenvalue weighted by molar-refractivity contribution is 9.10. The van der Waals surface area contributed by atoms with Gasteiger partial charge in [-0.2, -0.15) is 0 Å². The van der Waals surface area contributed by atoms with Crippen LogP contribution in [0.5, 0.6) is 0 Å². The largest absolute Gasteiger partial charge is 0.333 e. The highest BCUT2D eigenvalue weighted by atomic mass is 79.9. The highest BCUT2D eigenvalue weighted by Crippen LogP contribution is 2.18. The zero-order valence-electron chi connectivity index (χ0n) is 6.64. The summed E-state index contributed by atoms with van der Waals surface area (Å²) in [6.45, 7) is 0. The van der Waals surface area contributed by atoms with Gasteiger partial charge in [0.1, 0.15) is 0 Å². The van der Waals surface area contributed by atoms with Crippen LogP contribution < -0.4 is 5.73 Å². The number of hydrogen-bond acceptors (Lipinski definition) is 2. The van der Waals surface area contributed by atoms with E-state index in [2.05, 4.69) is 21.7 Å². The summed E-state index contributed by atoms with van der Waals surface area (Å²) in [5, 5.41) is 7.56. The van der Waals surface area contributed by atoms with E-state index in [9.17, 15) is 0 Å². The van der Waals surface area contributed by atoms with E-state index in [1.165, 1.54) is 13.3 Å². The molecule has 0 amide bonds. The van der Waals surface area contributed by atoms with Crippen molar-refractivity contribution >= 4 is 33.7 Å². The molecule has 0 radical (unpaired) electrons. The summed E-state index contributed by atoms with van der Waals surface area (Å²) in [5.74, 6) is 0. The van der Waals surface area contributed by atoms with Crippen LogP contribution in [0.3, 0.4) is 0 Å². The number of hydrogen-bond donors (Lipinski definition) is 2. The third kappa shape index (κ3) is 3.34. The molecule has 0 aromatic heterocycles. The average Bonchev–Trinajstić information content (AvgIpc) is 2.13. The molecule has 0 saturated carbocycles. The van der Waals surface area contributed by atoms with Crippen molar-refractivity contribution in [2.75, 3.05) is 7.05 Å². The van der Waals surface area contributed by atoms with Crippen LogP contribution in [0.15, 0.2) is 22.7 Å². The Hall–Kier alpha value is -0.380. The first-order chi connectivity index (χ1) is 5.74. The lowest BCUT2D eigenvalue weighted by molar-refractivity contribution is 1.48. The van der Waals surface area contributed by atoms with Crippen LogP contribution in [-0.4, -0.2) is 13.3 Å². The van der Waals surface area contributed by atoms with E-state index in [4.69, 9.17) is 17.0 Å². The topological polar surface area (TPSA) is 49.9 Å². The second-order valence-corrected chi connectivity index (χ2v) is 3.13. The summed E-state index contributed by atoms with van der Waals surface area (Å²) in [4.78, 5) is 0. The summed E-state index contributed by atoms with van der Waals surface area (Å²) in [5.41, 5.74) is 5.23. The van der Waals surface area contributed by atoms with Gasteiger partial charge in [0.15, 0.2) is 0 Å². The van der Waals surface area contributed by atoms with Gasteiger partial charge in [0, 0.05) is 21.3 Å². The third-order valence-corrected chi connectivity index (χ3v) is 1.95. The van der Waals surface area contributed by atoms with Gasteiger partial charge in [0.2, 0.25) is 0 Å². The molecule has 4 heteroatoms. The first-order valence-corrected chi connectivity index (χ1v) is 4.44. The molecular formula is C8H10BrClN2. The summed E-state index contributed by atoms with van der Waals surface area (Å²) in [7, 11) is 1.50. The summed E-state index contributed by atoms with van der Waals surface area (Å²) < 4.78 is 0.940. The van der Waals surface area contributed by atoms with Gasteiger partial charge in [-0.05, 0) is 25.2 Å². The van der Waals surface area contributed by atoms with Crippen molar-refractivity contribution in [1.82, 2.24) is 0 Å². The van der Waals surface area contributed by atoms with Crippen LogP contribution in [0, 0.1) is 5.41 Å². The first kappa shape index (κ1) is 11.6. The molecule has 0 aliphatic carbocycles. The first-order valence-electron chi connectivity index (χ1n) is 3.27. The molecule has 0 atom stereocenters. The van der Waals surface area contributed by atoms with Crippen LogP contribution in [-0.2, 0) is 0 Å². The summed E-state index contributed by atoms with van der Waals surface area (Å²) in [6.07, 6.45) is 1.23. The molecule has 1 rings (SSSR count). The Bertz CT molecular complexity index is 263. The maximum absolute atomic E-state index is 6.95. The second kappa shape index (κ2) is 6.17. The van der Waals surface area contributed by atoms with Crippen molar-refractivity contribution in [3.8, 4) is 0 Å². The van der Waals surface area contributed by atoms with E-state index in [0.29, 0.717) is 5.02 Å². The Kier molecular flexibility index (Phi) is 5.98. The Morgan fingerprint density at radius 3 is 2.50 bits per heavy atom. The Morgan fingerprint density at radius 2 is 2.08 bits per heavy atom. The van der Waals surface area contributed by atoms with Gasteiger partial charge < -0.3 is 11.1 Å². The van der Waals surface area contributed by atoms with E-state index in [1.807, 2.05) is 6.07 Å². The molecule has 66 valence electrons. The molecule has 0 spiro atoms. The lowest BCUT2D eigenvalue weighted by Crippen LogP contribution is -1.80. The van der Waals surface area contributed by atoms with E-state index in [0.717, 1.165) is 10.0 Å². The van der Waals surface area contributed by atoms with Crippen molar-refractivity contribution in [3.63, 3.8) is 0 Å². The normalized spacial score (nSPS) is 8.33. The molecule has 0 bridgehead atoms. The molecule has 0 fully saturated rings. The van der Waals surface area contributed by atoms with Crippen LogP contribution in [0.2, 0.25) is 5.02 Å². The zero-order valence-corrected chi connectivity index (χ0v) is 8.98. The zero-order chi connectivity index (χ0) is 9.56. The van der Waals surface area contributed by atoms with Crippen LogP contribution >= 0.6 is 27.5 Å². The van der Waals surface area contributed by atoms with Crippen LogP contribution in [0.1, 0.15) is 5.56 Å². The Labute approximate surface area is 85.4 Å². The van der Waals surface area contributed by atoms with E-state index < -0.39 is 0 Å². The maximum atomic E-state index is 6.95. The van der Waals surface area contributed by atoms with Crippen molar-refractivity contribution in [2.24, 2.45) is 5.73 Å².